The molecule has 0 aliphatic heterocycles. The van der Waals surface area contributed by atoms with Gasteiger partial charge >= 0.3 is 6.09 Å². The van der Waals surface area contributed by atoms with E-state index in [1.54, 1.807) is 30.3 Å². The van der Waals surface area contributed by atoms with E-state index in [-0.39, 0.29) is 0 Å². The Balaban J connectivity index is 2.78. The number of aldehydes is 1. The van der Waals surface area contributed by atoms with Crippen LogP contribution in [0.1, 0.15) is 11.7 Å². The molecule has 0 bridgehead atoms. The molecular formula is C9H9NO3. The Labute approximate surface area is 75.3 Å². The number of rotatable bonds is 3. The number of ether oxygens (including phenoxy) is 1. The van der Waals surface area contributed by atoms with Crippen LogP contribution in [0.4, 0.5) is 4.79 Å². The van der Waals surface area contributed by atoms with Gasteiger partial charge in [-0.15, -0.1) is 0 Å². The third kappa shape index (κ3) is 2.59. The number of hydrogen-bond acceptors (Lipinski definition) is 3. The van der Waals surface area contributed by atoms with E-state index >= 15 is 0 Å². The lowest BCUT2D eigenvalue weighted by atomic mass is 10.1. The molecule has 0 aliphatic carbocycles. The maximum Gasteiger partial charge on any atom is 0.405 e. The number of primary amides is 1. The zero-order valence-electron chi connectivity index (χ0n) is 6.84. The molecule has 4 heteroatoms. The minimum absolute atomic E-state index is 0.528. The van der Waals surface area contributed by atoms with E-state index in [1.165, 1.54) is 0 Å². The molecule has 0 spiro atoms. The first-order valence-corrected chi connectivity index (χ1v) is 3.70. The number of benzene rings is 1. The lowest BCUT2D eigenvalue weighted by Gasteiger charge is -2.09. The van der Waals surface area contributed by atoms with Gasteiger partial charge in [0.05, 0.1) is 0 Å². The Bertz CT molecular complexity index is 297. The number of nitrogens with two attached hydrogens (primary N) is 1. The highest BCUT2D eigenvalue weighted by molar-refractivity contribution is 5.70. The smallest absolute Gasteiger partial charge is 0.405 e. The normalized spacial score (nSPS) is 11.7. The summed E-state index contributed by atoms with van der Waals surface area (Å²) in [4.78, 5) is 20.9. The highest BCUT2D eigenvalue weighted by atomic mass is 16.6. The minimum atomic E-state index is -0.957. The van der Waals surface area contributed by atoms with Crippen molar-refractivity contribution in [1.82, 2.24) is 0 Å². The van der Waals surface area contributed by atoms with Crippen LogP contribution in [-0.2, 0) is 9.53 Å². The van der Waals surface area contributed by atoms with E-state index in [2.05, 4.69) is 4.74 Å². The largest absolute Gasteiger partial charge is 0.434 e. The van der Waals surface area contributed by atoms with Crippen LogP contribution >= 0.6 is 0 Å². The first-order chi connectivity index (χ1) is 6.24. The molecule has 0 aliphatic rings. The Morgan fingerprint density at radius 3 is 2.46 bits per heavy atom. The van der Waals surface area contributed by atoms with Crippen molar-refractivity contribution in [2.75, 3.05) is 0 Å². The fraction of sp³-hybridized carbons (Fsp3) is 0.111. The van der Waals surface area contributed by atoms with Gasteiger partial charge in [0.15, 0.2) is 12.4 Å². The average molecular weight is 179 g/mol. The highest BCUT2D eigenvalue weighted by Gasteiger charge is 2.12. The van der Waals surface area contributed by atoms with Crippen LogP contribution in [0.2, 0.25) is 0 Å². The summed E-state index contributed by atoms with van der Waals surface area (Å²) in [6.07, 6.45) is -1.33. The molecule has 1 amide bonds. The molecule has 0 unspecified atom stereocenters. The summed E-state index contributed by atoms with van der Waals surface area (Å²) in [5.41, 5.74) is 5.39. The van der Waals surface area contributed by atoms with Crippen LogP contribution in [-0.4, -0.2) is 12.4 Å². The Morgan fingerprint density at radius 1 is 1.38 bits per heavy atom. The van der Waals surface area contributed by atoms with Crippen LogP contribution in [0, 0.1) is 0 Å². The van der Waals surface area contributed by atoms with Crippen LogP contribution in [0.3, 0.4) is 0 Å². The number of amides is 1. The molecule has 0 saturated carbocycles. The summed E-state index contributed by atoms with van der Waals surface area (Å²) >= 11 is 0. The third-order valence-corrected chi connectivity index (χ3v) is 1.49. The molecule has 0 aromatic heterocycles. The summed E-state index contributed by atoms with van der Waals surface area (Å²) in [6, 6.07) is 8.66. The second-order valence-electron chi connectivity index (χ2n) is 2.40. The molecule has 2 N–H and O–H groups in total. The second kappa shape index (κ2) is 4.25. The van der Waals surface area contributed by atoms with Gasteiger partial charge in [0, 0.05) is 0 Å². The molecule has 0 saturated heterocycles. The maximum atomic E-state index is 10.5. The van der Waals surface area contributed by atoms with Crippen molar-refractivity contribution in [2.24, 2.45) is 5.73 Å². The predicted octanol–water partition coefficient (Wildman–Crippen LogP) is 1.02. The molecule has 13 heavy (non-hydrogen) atoms. The third-order valence-electron chi connectivity index (χ3n) is 1.49. The van der Waals surface area contributed by atoms with Crippen molar-refractivity contribution in [3.8, 4) is 0 Å². The van der Waals surface area contributed by atoms with Crippen molar-refractivity contribution < 1.29 is 14.3 Å². The first kappa shape index (κ1) is 9.25. The maximum absolute atomic E-state index is 10.5. The summed E-state index contributed by atoms with van der Waals surface area (Å²) in [5, 5.41) is 0. The van der Waals surface area contributed by atoms with Gasteiger partial charge in [0.1, 0.15) is 0 Å². The monoisotopic (exact) mass is 179 g/mol. The number of carbonyl (C=O) groups excluding carboxylic acids is 2. The first-order valence-electron chi connectivity index (χ1n) is 3.70. The van der Waals surface area contributed by atoms with Crippen molar-refractivity contribution in [1.29, 1.82) is 0 Å². The lowest BCUT2D eigenvalue weighted by Crippen LogP contribution is -2.18. The SMILES string of the molecule is NC(=O)O[C@H](C=O)c1ccccc1. The topological polar surface area (TPSA) is 69.4 Å². The van der Waals surface area contributed by atoms with Crippen molar-refractivity contribution in [3.63, 3.8) is 0 Å². The molecule has 1 rings (SSSR count). The van der Waals surface area contributed by atoms with Gasteiger partial charge in [-0.05, 0) is 5.56 Å². The molecule has 4 nitrogen and oxygen atoms in total. The quantitative estimate of drug-likeness (QED) is 0.704. The predicted molar refractivity (Wildman–Crippen MR) is 45.9 cm³/mol. The van der Waals surface area contributed by atoms with E-state index in [0.717, 1.165) is 0 Å². The molecule has 0 radical (unpaired) electrons. The minimum Gasteiger partial charge on any atom is -0.434 e. The zero-order chi connectivity index (χ0) is 9.68. The molecular weight excluding hydrogens is 170 g/mol. The molecule has 1 atom stereocenters. The summed E-state index contributed by atoms with van der Waals surface area (Å²) in [5.74, 6) is 0. The van der Waals surface area contributed by atoms with Gasteiger partial charge in [-0.3, -0.25) is 4.79 Å². The van der Waals surface area contributed by atoms with Gasteiger partial charge in [-0.2, -0.15) is 0 Å². The summed E-state index contributed by atoms with van der Waals surface area (Å²) in [6.45, 7) is 0. The fourth-order valence-corrected chi connectivity index (χ4v) is 0.942. The Morgan fingerprint density at radius 2 is 2.00 bits per heavy atom. The van der Waals surface area contributed by atoms with Gasteiger partial charge in [-0.1, -0.05) is 30.3 Å². The van der Waals surface area contributed by atoms with Gasteiger partial charge in [0.25, 0.3) is 0 Å². The Kier molecular flexibility index (Phi) is 3.03. The molecule has 68 valence electrons. The van der Waals surface area contributed by atoms with Crippen molar-refractivity contribution >= 4 is 12.4 Å². The fourth-order valence-electron chi connectivity index (χ4n) is 0.942. The van der Waals surface area contributed by atoms with E-state index in [1.807, 2.05) is 0 Å². The molecule has 0 heterocycles. The van der Waals surface area contributed by atoms with Gasteiger partial charge in [0.2, 0.25) is 0 Å². The Hall–Kier alpha value is -1.84. The highest BCUT2D eigenvalue weighted by Crippen LogP contribution is 2.13. The van der Waals surface area contributed by atoms with Crippen molar-refractivity contribution in [3.05, 3.63) is 35.9 Å². The summed E-state index contributed by atoms with van der Waals surface area (Å²) < 4.78 is 4.56. The van der Waals surface area contributed by atoms with Crippen LogP contribution in [0.5, 0.6) is 0 Å². The van der Waals surface area contributed by atoms with Crippen LogP contribution < -0.4 is 5.73 Å². The zero-order valence-corrected chi connectivity index (χ0v) is 6.84. The molecule has 1 aromatic carbocycles. The number of hydrogen-bond donors (Lipinski definition) is 1. The molecule has 0 fully saturated rings. The van der Waals surface area contributed by atoms with Crippen LogP contribution in [0.15, 0.2) is 30.3 Å². The molecule has 1 aromatic rings. The van der Waals surface area contributed by atoms with Crippen molar-refractivity contribution in [2.45, 2.75) is 6.10 Å². The van der Waals surface area contributed by atoms with E-state index < -0.39 is 12.2 Å². The van der Waals surface area contributed by atoms with Crippen LogP contribution in [0.25, 0.3) is 0 Å². The lowest BCUT2D eigenvalue weighted by molar-refractivity contribution is -0.115. The van der Waals surface area contributed by atoms with E-state index in [0.29, 0.717) is 11.8 Å². The summed E-state index contributed by atoms with van der Waals surface area (Å²) in [7, 11) is 0. The van der Waals surface area contributed by atoms with Gasteiger partial charge in [-0.25, -0.2) is 4.79 Å². The number of carbonyl (C=O) groups is 2. The second-order valence-corrected chi connectivity index (χ2v) is 2.40. The standard InChI is InChI=1S/C9H9NO3/c10-9(12)13-8(6-11)7-4-2-1-3-5-7/h1-6,8H,(H2,10,12)/t8-/m1/s1. The van der Waals surface area contributed by atoms with E-state index in [4.69, 9.17) is 5.73 Å². The van der Waals surface area contributed by atoms with E-state index in [9.17, 15) is 9.59 Å². The average Bonchev–Trinajstić information content (AvgIpc) is 2.15. The van der Waals surface area contributed by atoms with Gasteiger partial charge < -0.3 is 10.5 Å².